The molecular formula is C32H27F2N3O7. The van der Waals surface area contributed by atoms with Crippen LogP contribution in [0.2, 0.25) is 0 Å². The summed E-state index contributed by atoms with van der Waals surface area (Å²) < 4.78 is 45.9. The average molecular weight is 604 g/mol. The van der Waals surface area contributed by atoms with Crippen LogP contribution < -0.4 is 14.2 Å². The van der Waals surface area contributed by atoms with E-state index in [9.17, 15) is 33.2 Å². The van der Waals surface area contributed by atoms with Gasteiger partial charge in [-0.05, 0) is 49.2 Å². The smallest absolute Gasteiger partial charge is 0.343 e. The Hall–Kier alpha value is -5.31. The predicted octanol–water partition coefficient (Wildman–Crippen LogP) is 4.50. The third-order valence-electron chi connectivity index (χ3n) is 7.40. The first-order valence-corrected chi connectivity index (χ1v) is 13.8. The summed E-state index contributed by atoms with van der Waals surface area (Å²) in [7, 11) is 1.22. The second kappa shape index (κ2) is 12.5. The highest BCUT2D eigenvalue weighted by atomic mass is 19.3. The van der Waals surface area contributed by atoms with Gasteiger partial charge >= 0.3 is 11.9 Å². The van der Waals surface area contributed by atoms with Gasteiger partial charge in [0.1, 0.15) is 12.1 Å². The maximum absolute atomic E-state index is 14.7. The van der Waals surface area contributed by atoms with E-state index in [1.54, 1.807) is 36.4 Å². The van der Waals surface area contributed by atoms with Gasteiger partial charge in [-0.3, -0.25) is 9.59 Å². The molecule has 2 saturated heterocycles. The second-order valence-electron chi connectivity index (χ2n) is 10.3. The van der Waals surface area contributed by atoms with Gasteiger partial charge in [-0.2, -0.15) is 5.26 Å². The van der Waals surface area contributed by atoms with Gasteiger partial charge in [-0.15, -0.1) is 0 Å². The molecule has 3 aromatic rings. The van der Waals surface area contributed by atoms with Gasteiger partial charge in [0.25, 0.3) is 11.8 Å². The van der Waals surface area contributed by atoms with Crippen LogP contribution in [0.5, 0.6) is 17.2 Å². The Bertz CT molecular complexity index is 1630. The summed E-state index contributed by atoms with van der Waals surface area (Å²) in [5, 5.41) is 9.42. The van der Waals surface area contributed by atoms with Crippen LogP contribution in [0, 0.1) is 11.3 Å². The Kier molecular flexibility index (Phi) is 8.57. The Morgan fingerprint density at radius 2 is 1.45 bits per heavy atom. The van der Waals surface area contributed by atoms with Crippen LogP contribution in [0.15, 0.2) is 72.8 Å². The van der Waals surface area contributed by atoms with Crippen molar-refractivity contribution in [2.45, 2.75) is 37.3 Å². The zero-order chi connectivity index (χ0) is 31.4. The van der Waals surface area contributed by atoms with Gasteiger partial charge in [-0.1, -0.05) is 36.4 Å². The first-order chi connectivity index (χ1) is 21.1. The number of esters is 2. The third-order valence-corrected chi connectivity index (χ3v) is 7.40. The van der Waals surface area contributed by atoms with Gasteiger partial charge in [0.2, 0.25) is 11.7 Å². The lowest BCUT2D eigenvalue weighted by atomic mass is 10.1. The lowest BCUT2D eigenvalue weighted by Gasteiger charge is -2.29. The molecule has 0 saturated carbocycles. The number of carbonyl (C=O) groups is 4. The summed E-state index contributed by atoms with van der Waals surface area (Å²) in [6.45, 7) is -0.824. The molecule has 2 unspecified atom stereocenters. The minimum Gasteiger partial charge on any atom is -0.493 e. The largest absolute Gasteiger partial charge is 0.493 e. The molecule has 2 amide bonds. The van der Waals surface area contributed by atoms with Crippen LogP contribution in [-0.4, -0.2) is 71.8 Å². The number of ether oxygens (including phenoxy) is 3. The van der Waals surface area contributed by atoms with Gasteiger partial charge < -0.3 is 24.0 Å². The lowest BCUT2D eigenvalue weighted by Crippen LogP contribution is -2.49. The normalized spacial score (nSPS) is 18.8. The second-order valence-corrected chi connectivity index (χ2v) is 10.3. The number of benzene rings is 3. The molecule has 0 N–H and O–H groups in total. The fraction of sp³-hybridized carbons (Fsp3) is 0.281. The first kappa shape index (κ1) is 30.2. The van der Waals surface area contributed by atoms with E-state index < -0.39 is 54.7 Å². The van der Waals surface area contributed by atoms with Gasteiger partial charge in [0.15, 0.2) is 11.5 Å². The fourth-order valence-electron chi connectivity index (χ4n) is 5.26. The Balaban J connectivity index is 1.53. The molecule has 0 aliphatic carbocycles. The summed E-state index contributed by atoms with van der Waals surface area (Å²) in [6, 6.07) is 17.8. The molecule has 2 heterocycles. The minimum atomic E-state index is -3.37. The molecule has 0 spiro atoms. The SMILES string of the molecule is COc1cc(C(=O)N2CC(F)(F)CC2C(=O)N2CCCC2C#N)cc(OC(=O)c2ccccc2)c1OC(=O)c1ccccc1. The molecule has 44 heavy (non-hydrogen) atoms. The van der Waals surface area contributed by atoms with E-state index in [1.165, 1.54) is 36.3 Å². The number of nitrogens with zero attached hydrogens (tertiary/aromatic N) is 3. The van der Waals surface area contributed by atoms with Crippen molar-refractivity contribution in [1.82, 2.24) is 9.80 Å². The minimum absolute atomic E-state index is 0.144. The van der Waals surface area contributed by atoms with E-state index in [0.29, 0.717) is 12.8 Å². The lowest BCUT2D eigenvalue weighted by molar-refractivity contribution is -0.135. The van der Waals surface area contributed by atoms with Crippen molar-refractivity contribution < 1.29 is 42.2 Å². The van der Waals surface area contributed by atoms with Crippen LogP contribution >= 0.6 is 0 Å². The quantitative estimate of drug-likeness (QED) is 0.286. The van der Waals surface area contributed by atoms with E-state index in [-0.39, 0.29) is 40.5 Å². The summed E-state index contributed by atoms with van der Waals surface area (Å²) in [5.41, 5.74) is 0.0605. The maximum Gasteiger partial charge on any atom is 0.343 e. The number of alkyl halides is 2. The molecule has 12 heteroatoms. The number of nitriles is 1. The monoisotopic (exact) mass is 603 g/mol. The topological polar surface area (TPSA) is 126 Å². The van der Waals surface area contributed by atoms with Gasteiger partial charge in [-0.25, -0.2) is 18.4 Å². The molecule has 0 radical (unpaired) electrons. The standard InChI is InChI=1S/C32H27F2N3O7/c1-42-25-15-22(28(38)37-19-32(33,34)17-24(37)29(39)36-14-8-13-23(36)18-35)16-26(43-30(40)20-9-4-2-5-10-20)27(25)44-31(41)21-11-6-3-7-12-21/h2-7,9-12,15-16,23-24H,8,13-14,17,19H2,1H3. The van der Waals surface area contributed by atoms with E-state index in [2.05, 4.69) is 0 Å². The molecule has 226 valence electrons. The van der Waals surface area contributed by atoms with Gasteiger partial charge in [0.05, 0.1) is 30.9 Å². The first-order valence-electron chi connectivity index (χ1n) is 13.8. The number of hydrogen-bond donors (Lipinski definition) is 0. The molecule has 10 nitrogen and oxygen atoms in total. The van der Waals surface area contributed by atoms with E-state index in [1.807, 2.05) is 6.07 Å². The number of likely N-dealkylation sites (tertiary alicyclic amines) is 2. The summed E-state index contributed by atoms with van der Waals surface area (Å²) >= 11 is 0. The number of halogens is 2. The van der Waals surface area contributed by atoms with Crippen molar-refractivity contribution >= 4 is 23.8 Å². The van der Waals surface area contributed by atoms with Crippen molar-refractivity contribution in [3.63, 3.8) is 0 Å². The predicted molar refractivity (Wildman–Crippen MR) is 151 cm³/mol. The van der Waals surface area contributed by atoms with E-state index >= 15 is 0 Å². The van der Waals surface area contributed by atoms with Crippen LogP contribution in [0.3, 0.4) is 0 Å². The van der Waals surface area contributed by atoms with Crippen LogP contribution in [0.25, 0.3) is 0 Å². The molecule has 0 aromatic heterocycles. The number of methoxy groups -OCH3 is 1. The molecule has 3 aromatic carbocycles. The van der Waals surface area contributed by atoms with Crippen molar-refractivity contribution in [2.24, 2.45) is 0 Å². The molecule has 2 aliphatic rings. The zero-order valence-corrected chi connectivity index (χ0v) is 23.6. The number of amides is 2. The highest BCUT2D eigenvalue weighted by Crippen LogP contribution is 2.42. The van der Waals surface area contributed by atoms with E-state index in [4.69, 9.17) is 14.2 Å². The van der Waals surface area contributed by atoms with Crippen LogP contribution in [-0.2, 0) is 4.79 Å². The summed E-state index contributed by atoms with van der Waals surface area (Å²) in [4.78, 5) is 55.1. The molecule has 2 fully saturated rings. The maximum atomic E-state index is 14.7. The summed E-state index contributed by atoms with van der Waals surface area (Å²) in [5.74, 6) is -7.65. The van der Waals surface area contributed by atoms with Crippen LogP contribution in [0.4, 0.5) is 8.78 Å². The Morgan fingerprint density at radius 1 is 0.864 bits per heavy atom. The van der Waals surface area contributed by atoms with E-state index in [0.717, 1.165) is 17.0 Å². The Labute approximate surface area is 251 Å². The molecule has 5 rings (SSSR count). The number of rotatable bonds is 7. The zero-order valence-electron chi connectivity index (χ0n) is 23.6. The Morgan fingerprint density at radius 3 is 2.05 bits per heavy atom. The fourth-order valence-corrected chi connectivity index (χ4v) is 5.26. The van der Waals surface area contributed by atoms with Crippen molar-refractivity contribution in [3.05, 3.63) is 89.5 Å². The third kappa shape index (κ3) is 6.22. The van der Waals surface area contributed by atoms with Crippen molar-refractivity contribution in [2.75, 3.05) is 20.2 Å². The molecule has 2 aliphatic heterocycles. The number of hydrogen-bond acceptors (Lipinski definition) is 8. The summed E-state index contributed by atoms with van der Waals surface area (Å²) in [6.07, 6.45) is 0.0410. The van der Waals surface area contributed by atoms with Crippen molar-refractivity contribution in [1.29, 1.82) is 5.26 Å². The average Bonchev–Trinajstić information content (AvgIpc) is 3.65. The van der Waals surface area contributed by atoms with Crippen LogP contribution in [0.1, 0.15) is 50.3 Å². The van der Waals surface area contributed by atoms with Crippen molar-refractivity contribution in [3.8, 4) is 23.3 Å². The highest BCUT2D eigenvalue weighted by molar-refractivity contribution is 6.00. The highest BCUT2D eigenvalue weighted by Gasteiger charge is 2.52. The molecule has 0 bridgehead atoms. The van der Waals surface area contributed by atoms with Gasteiger partial charge in [0, 0.05) is 18.5 Å². The molecular weight excluding hydrogens is 576 g/mol. The molecule has 2 atom stereocenters. The number of carbonyl (C=O) groups excluding carboxylic acids is 4.